The first kappa shape index (κ1) is 24.3. The number of ketones is 1. The number of carbonyl (C=O) groups is 1. The van der Waals surface area contributed by atoms with Crippen LogP contribution >= 0.6 is 0 Å². The molecule has 192 valence electrons. The average molecular weight is 517 g/mol. The Bertz CT molecular complexity index is 1910. The van der Waals surface area contributed by atoms with Crippen LogP contribution in [0.15, 0.2) is 146 Å². The first-order chi connectivity index (χ1) is 19.7. The van der Waals surface area contributed by atoms with Crippen LogP contribution in [0.4, 0.5) is 0 Å². The third kappa shape index (κ3) is 4.14. The Morgan fingerprint density at radius 3 is 1.82 bits per heavy atom. The van der Waals surface area contributed by atoms with E-state index < -0.39 is 5.60 Å². The molecule has 2 heteroatoms. The number of ether oxygens (including phenoxy) is 1. The van der Waals surface area contributed by atoms with Crippen LogP contribution < -0.4 is 0 Å². The zero-order valence-electron chi connectivity index (χ0n) is 22.1. The van der Waals surface area contributed by atoms with Gasteiger partial charge in [-0.15, -0.1) is 0 Å². The standard InChI is InChI=1S/C38H28O2/c39-37(31-13-6-2-7-14-31)38(33-17-8-3-9-18-33,40-26-27-11-4-1-5-12-27)25-32-22-21-30-20-19-28-15-10-16-29-23-24-34(32)36(30)35(28)29/h1-24H,25-26H2. The van der Waals surface area contributed by atoms with Gasteiger partial charge >= 0.3 is 0 Å². The minimum absolute atomic E-state index is 0.0408. The number of benzene rings is 7. The van der Waals surface area contributed by atoms with E-state index in [0.717, 1.165) is 22.1 Å². The highest BCUT2D eigenvalue weighted by atomic mass is 16.5. The van der Waals surface area contributed by atoms with E-state index in [9.17, 15) is 4.79 Å². The van der Waals surface area contributed by atoms with Crippen molar-refractivity contribution in [3.05, 3.63) is 168 Å². The Morgan fingerprint density at radius 2 is 1.12 bits per heavy atom. The molecule has 1 atom stereocenters. The number of Topliss-reactive ketones (excluding diaryl/α,β-unsaturated/α-hetero) is 1. The zero-order chi connectivity index (χ0) is 26.9. The van der Waals surface area contributed by atoms with Crippen molar-refractivity contribution in [3.8, 4) is 0 Å². The maximum absolute atomic E-state index is 14.6. The summed E-state index contributed by atoms with van der Waals surface area (Å²) in [5.74, 6) is -0.0408. The lowest BCUT2D eigenvalue weighted by atomic mass is 9.79. The summed E-state index contributed by atoms with van der Waals surface area (Å²) < 4.78 is 6.86. The summed E-state index contributed by atoms with van der Waals surface area (Å²) in [4.78, 5) is 14.6. The van der Waals surface area contributed by atoms with Gasteiger partial charge in [0.15, 0.2) is 11.4 Å². The number of rotatable bonds is 8. The molecule has 7 aromatic carbocycles. The van der Waals surface area contributed by atoms with E-state index in [4.69, 9.17) is 4.74 Å². The van der Waals surface area contributed by atoms with Gasteiger partial charge < -0.3 is 4.74 Å². The van der Waals surface area contributed by atoms with Gasteiger partial charge in [-0.2, -0.15) is 0 Å². The highest BCUT2D eigenvalue weighted by molar-refractivity contribution is 6.23. The molecular weight excluding hydrogens is 488 g/mol. The second kappa shape index (κ2) is 10.1. The van der Waals surface area contributed by atoms with Crippen LogP contribution in [0.1, 0.15) is 27.0 Å². The van der Waals surface area contributed by atoms with E-state index in [0.29, 0.717) is 18.6 Å². The van der Waals surface area contributed by atoms with Gasteiger partial charge in [0.1, 0.15) is 0 Å². The Balaban J connectivity index is 1.45. The highest BCUT2D eigenvalue weighted by Crippen LogP contribution is 2.40. The van der Waals surface area contributed by atoms with Gasteiger partial charge in [0.25, 0.3) is 0 Å². The summed E-state index contributed by atoms with van der Waals surface area (Å²) in [5.41, 5.74) is 2.38. The molecule has 0 aromatic heterocycles. The van der Waals surface area contributed by atoms with Crippen LogP contribution in [-0.2, 0) is 23.4 Å². The summed E-state index contributed by atoms with van der Waals surface area (Å²) in [5, 5.41) is 7.32. The predicted molar refractivity (Wildman–Crippen MR) is 164 cm³/mol. The SMILES string of the molecule is O=C(c1ccccc1)C(Cc1ccc2ccc3cccc4ccc1c2c34)(OCc1ccccc1)c1ccccc1. The van der Waals surface area contributed by atoms with E-state index in [1.165, 1.54) is 26.9 Å². The normalized spacial score (nSPS) is 13.1. The van der Waals surface area contributed by atoms with Gasteiger partial charge in [0.2, 0.25) is 0 Å². The van der Waals surface area contributed by atoms with Gasteiger partial charge in [-0.25, -0.2) is 0 Å². The molecule has 40 heavy (non-hydrogen) atoms. The number of hydrogen-bond donors (Lipinski definition) is 0. The van der Waals surface area contributed by atoms with Crippen molar-refractivity contribution in [2.24, 2.45) is 0 Å². The molecule has 1 unspecified atom stereocenters. The molecule has 0 amide bonds. The monoisotopic (exact) mass is 516 g/mol. The van der Waals surface area contributed by atoms with Gasteiger partial charge in [-0.05, 0) is 49.0 Å². The van der Waals surface area contributed by atoms with E-state index in [2.05, 4.69) is 54.6 Å². The van der Waals surface area contributed by atoms with Gasteiger partial charge in [-0.1, -0.05) is 146 Å². The lowest BCUT2D eigenvalue weighted by Gasteiger charge is -2.34. The molecule has 0 heterocycles. The van der Waals surface area contributed by atoms with Gasteiger partial charge in [-0.3, -0.25) is 4.79 Å². The number of hydrogen-bond acceptors (Lipinski definition) is 2. The minimum Gasteiger partial charge on any atom is -0.357 e. The van der Waals surface area contributed by atoms with Crippen molar-refractivity contribution in [1.82, 2.24) is 0 Å². The largest absolute Gasteiger partial charge is 0.357 e. The molecule has 7 aromatic rings. The molecule has 0 bridgehead atoms. The quantitative estimate of drug-likeness (QED) is 0.149. The maximum Gasteiger partial charge on any atom is 0.199 e. The highest BCUT2D eigenvalue weighted by Gasteiger charge is 2.42. The molecular formula is C38H28O2. The van der Waals surface area contributed by atoms with Crippen molar-refractivity contribution >= 4 is 38.1 Å². The second-order valence-corrected chi connectivity index (χ2v) is 10.4. The van der Waals surface area contributed by atoms with E-state index in [1.54, 1.807) is 0 Å². The van der Waals surface area contributed by atoms with Crippen molar-refractivity contribution in [2.75, 3.05) is 0 Å². The Kier molecular flexibility index (Phi) is 6.11. The van der Waals surface area contributed by atoms with Crippen molar-refractivity contribution in [3.63, 3.8) is 0 Å². The van der Waals surface area contributed by atoms with E-state index in [1.807, 2.05) is 91.0 Å². The molecule has 0 N–H and O–H groups in total. The topological polar surface area (TPSA) is 26.3 Å². The Morgan fingerprint density at radius 1 is 0.550 bits per heavy atom. The molecule has 0 aliphatic carbocycles. The van der Waals surface area contributed by atoms with Crippen LogP contribution in [0.2, 0.25) is 0 Å². The summed E-state index contributed by atoms with van der Waals surface area (Å²) in [6.07, 6.45) is 0.408. The first-order valence-electron chi connectivity index (χ1n) is 13.7. The third-order valence-electron chi connectivity index (χ3n) is 8.03. The lowest BCUT2D eigenvalue weighted by molar-refractivity contribution is -0.0390. The van der Waals surface area contributed by atoms with Gasteiger partial charge in [0, 0.05) is 12.0 Å². The fraction of sp³-hybridized carbons (Fsp3) is 0.0789. The van der Waals surface area contributed by atoms with Crippen LogP contribution in [0.5, 0.6) is 0 Å². The molecule has 0 spiro atoms. The predicted octanol–water partition coefficient (Wildman–Crippen LogP) is 9.12. The van der Waals surface area contributed by atoms with Crippen LogP contribution in [0.3, 0.4) is 0 Å². The average Bonchev–Trinajstić information content (AvgIpc) is 3.03. The molecule has 0 saturated carbocycles. The molecule has 0 aliphatic rings. The Labute approximate surface area is 233 Å². The van der Waals surface area contributed by atoms with Crippen molar-refractivity contribution < 1.29 is 9.53 Å². The molecule has 2 nitrogen and oxygen atoms in total. The zero-order valence-corrected chi connectivity index (χ0v) is 22.1. The van der Waals surface area contributed by atoms with Crippen molar-refractivity contribution in [2.45, 2.75) is 18.6 Å². The van der Waals surface area contributed by atoms with E-state index in [-0.39, 0.29) is 5.78 Å². The fourth-order valence-electron chi connectivity index (χ4n) is 6.04. The summed E-state index contributed by atoms with van der Waals surface area (Å²) >= 11 is 0. The van der Waals surface area contributed by atoms with Crippen LogP contribution in [-0.4, -0.2) is 5.78 Å². The maximum atomic E-state index is 14.6. The van der Waals surface area contributed by atoms with Crippen LogP contribution in [0, 0.1) is 0 Å². The fourth-order valence-corrected chi connectivity index (χ4v) is 6.04. The van der Waals surface area contributed by atoms with Crippen LogP contribution in [0.25, 0.3) is 32.3 Å². The minimum atomic E-state index is -1.22. The number of carbonyl (C=O) groups excluding carboxylic acids is 1. The van der Waals surface area contributed by atoms with Gasteiger partial charge in [0.05, 0.1) is 6.61 Å². The molecule has 0 saturated heterocycles. The summed E-state index contributed by atoms with van der Waals surface area (Å²) in [6, 6.07) is 49.2. The Hall–Kier alpha value is -4.79. The summed E-state index contributed by atoms with van der Waals surface area (Å²) in [7, 11) is 0. The second-order valence-electron chi connectivity index (χ2n) is 10.4. The summed E-state index contributed by atoms with van der Waals surface area (Å²) in [6.45, 7) is 0.320. The molecule has 7 rings (SSSR count). The molecule has 0 aliphatic heterocycles. The van der Waals surface area contributed by atoms with Crippen molar-refractivity contribution in [1.29, 1.82) is 0 Å². The smallest absolute Gasteiger partial charge is 0.199 e. The third-order valence-corrected chi connectivity index (χ3v) is 8.03. The van der Waals surface area contributed by atoms with E-state index >= 15 is 0 Å². The molecule has 0 radical (unpaired) electrons. The first-order valence-corrected chi connectivity index (χ1v) is 13.7. The molecule has 0 fully saturated rings. The lowest BCUT2D eigenvalue weighted by Crippen LogP contribution is -2.41.